The lowest BCUT2D eigenvalue weighted by atomic mass is 10.0. The molecule has 17 heavy (non-hydrogen) atoms. The third kappa shape index (κ3) is 2.44. The van der Waals surface area contributed by atoms with E-state index in [4.69, 9.17) is 11.6 Å². The molecule has 5 heteroatoms. The molecule has 2 atom stereocenters. The van der Waals surface area contributed by atoms with E-state index < -0.39 is 0 Å². The zero-order chi connectivity index (χ0) is 11.8. The highest BCUT2D eigenvalue weighted by Crippen LogP contribution is 2.30. The first-order valence-corrected chi connectivity index (χ1v) is 6.46. The molecule has 0 aliphatic carbocycles. The average molecular weight is 253 g/mol. The van der Waals surface area contributed by atoms with E-state index in [9.17, 15) is 0 Å². The van der Waals surface area contributed by atoms with Crippen LogP contribution in [0, 0.1) is 11.8 Å². The first-order chi connectivity index (χ1) is 8.20. The lowest BCUT2D eigenvalue weighted by Crippen LogP contribution is -2.26. The van der Waals surface area contributed by atoms with Gasteiger partial charge < -0.3 is 4.90 Å². The monoisotopic (exact) mass is 252 g/mol. The highest BCUT2D eigenvalue weighted by molar-refractivity contribution is 6.28. The van der Waals surface area contributed by atoms with Gasteiger partial charge in [-0.15, -0.1) is 0 Å². The van der Waals surface area contributed by atoms with Gasteiger partial charge in [0, 0.05) is 50.7 Å². The molecule has 92 valence electrons. The Morgan fingerprint density at radius 3 is 2.35 bits per heavy atom. The van der Waals surface area contributed by atoms with E-state index in [0.29, 0.717) is 5.28 Å². The molecule has 1 aromatic heterocycles. The van der Waals surface area contributed by atoms with Crippen molar-refractivity contribution in [3.63, 3.8) is 0 Å². The summed E-state index contributed by atoms with van der Waals surface area (Å²) in [5.74, 6) is 1.71. The highest BCUT2D eigenvalue weighted by atomic mass is 35.5. The lowest BCUT2D eigenvalue weighted by Gasteiger charge is -2.18. The van der Waals surface area contributed by atoms with E-state index >= 15 is 0 Å². The molecule has 0 aromatic carbocycles. The molecule has 4 nitrogen and oxygen atoms in total. The molecular formula is C12H17ClN4. The van der Waals surface area contributed by atoms with Gasteiger partial charge in [-0.25, -0.2) is 9.97 Å². The Bertz CT molecular complexity index is 380. The van der Waals surface area contributed by atoms with Crippen molar-refractivity contribution in [3.8, 4) is 0 Å². The third-order valence-electron chi connectivity index (χ3n) is 3.82. The topological polar surface area (TPSA) is 32.3 Å². The summed E-state index contributed by atoms with van der Waals surface area (Å²) in [6.07, 6.45) is 3.66. The van der Waals surface area contributed by atoms with Crippen LogP contribution in [-0.2, 0) is 6.54 Å². The molecule has 2 saturated heterocycles. The van der Waals surface area contributed by atoms with E-state index in [1.165, 1.54) is 26.2 Å². The number of fused-ring (bicyclic) bond motifs is 1. The number of rotatable bonds is 2. The van der Waals surface area contributed by atoms with Gasteiger partial charge in [-0.05, 0) is 30.5 Å². The molecule has 2 unspecified atom stereocenters. The summed E-state index contributed by atoms with van der Waals surface area (Å²) in [7, 11) is 2.22. The summed E-state index contributed by atoms with van der Waals surface area (Å²) in [6, 6.07) is 0. The Hall–Kier alpha value is -0.710. The number of aromatic nitrogens is 2. The van der Waals surface area contributed by atoms with E-state index in [1.807, 2.05) is 12.4 Å². The quantitative estimate of drug-likeness (QED) is 0.739. The van der Waals surface area contributed by atoms with Gasteiger partial charge in [0.25, 0.3) is 0 Å². The number of hydrogen-bond acceptors (Lipinski definition) is 4. The van der Waals surface area contributed by atoms with Crippen molar-refractivity contribution in [2.75, 3.05) is 33.2 Å². The Kier molecular flexibility index (Phi) is 3.03. The molecule has 0 N–H and O–H groups in total. The Labute approximate surface area is 107 Å². The van der Waals surface area contributed by atoms with E-state index in [2.05, 4.69) is 26.8 Å². The summed E-state index contributed by atoms with van der Waals surface area (Å²) in [6.45, 7) is 5.86. The van der Waals surface area contributed by atoms with Crippen LogP contribution in [0.5, 0.6) is 0 Å². The minimum Gasteiger partial charge on any atom is -0.306 e. The Morgan fingerprint density at radius 1 is 1.18 bits per heavy atom. The molecule has 3 rings (SSSR count). The SMILES string of the molecule is CN1CC2CN(Cc3cnc(Cl)nc3)CC2C1. The van der Waals surface area contributed by atoms with E-state index in [1.54, 1.807) is 0 Å². The van der Waals surface area contributed by atoms with Crippen LogP contribution < -0.4 is 0 Å². The van der Waals surface area contributed by atoms with Crippen LogP contribution in [0.4, 0.5) is 0 Å². The molecule has 1 aromatic rings. The van der Waals surface area contributed by atoms with Gasteiger partial charge in [0.15, 0.2) is 0 Å². The van der Waals surface area contributed by atoms with Crippen LogP contribution in [0.25, 0.3) is 0 Å². The molecule has 0 bridgehead atoms. The van der Waals surface area contributed by atoms with Crippen molar-refractivity contribution in [2.24, 2.45) is 11.8 Å². The first-order valence-electron chi connectivity index (χ1n) is 6.08. The van der Waals surface area contributed by atoms with Gasteiger partial charge >= 0.3 is 0 Å². The van der Waals surface area contributed by atoms with Crippen molar-refractivity contribution in [2.45, 2.75) is 6.54 Å². The van der Waals surface area contributed by atoms with Crippen LogP contribution in [0.3, 0.4) is 0 Å². The van der Waals surface area contributed by atoms with Crippen molar-refractivity contribution in [1.29, 1.82) is 0 Å². The molecule has 0 radical (unpaired) electrons. The zero-order valence-corrected chi connectivity index (χ0v) is 10.8. The van der Waals surface area contributed by atoms with E-state index in [0.717, 1.165) is 23.9 Å². The summed E-state index contributed by atoms with van der Waals surface area (Å²) in [4.78, 5) is 13.0. The second kappa shape index (κ2) is 4.52. The summed E-state index contributed by atoms with van der Waals surface area (Å²) >= 11 is 5.68. The second-order valence-electron chi connectivity index (χ2n) is 5.30. The van der Waals surface area contributed by atoms with Crippen LogP contribution in [0.15, 0.2) is 12.4 Å². The van der Waals surface area contributed by atoms with Crippen molar-refractivity contribution in [1.82, 2.24) is 19.8 Å². The molecule has 0 spiro atoms. The number of nitrogens with zero attached hydrogens (tertiary/aromatic N) is 4. The predicted molar refractivity (Wildman–Crippen MR) is 66.8 cm³/mol. The Morgan fingerprint density at radius 2 is 1.76 bits per heavy atom. The van der Waals surface area contributed by atoms with Gasteiger partial charge in [-0.2, -0.15) is 0 Å². The fraction of sp³-hybridized carbons (Fsp3) is 0.667. The predicted octanol–water partition coefficient (Wildman–Crippen LogP) is 1.12. The fourth-order valence-corrected chi connectivity index (χ4v) is 3.23. The Balaban J connectivity index is 1.60. The van der Waals surface area contributed by atoms with Crippen molar-refractivity contribution >= 4 is 11.6 Å². The van der Waals surface area contributed by atoms with Gasteiger partial charge in [-0.1, -0.05) is 0 Å². The van der Waals surface area contributed by atoms with Crippen molar-refractivity contribution in [3.05, 3.63) is 23.2 Å². The number of halogens is 1. The maximum absolute atomic E-state index is 5.68. The van der Waals surface area contributed by atoms with Gasteiger partial charge in [0.05, 0.1) is 0 Å². The normalized spacial score (nSPS) is 29.8. The standard InChI is InChI=1S/C12H17ClN4/c1-16-5-10-7-17(8-11(10)6-16)4-9-2-14-12(13)15-3-9/h2-3,10-11H,4-8H2,1H3. The second-order valence-corrected chi connectivity index (χ2v) is 5.63. The van der Waals surface area contributed by atoms with Crippen molar-refractivity contribution < 1.29 is 0 Å². The van der Waals surface area contributed by atoms with Gasteiger partial charge in [0.1, 0.15) is 0 Å². The van der Waals surface area contributed by atoms with Crippen LogP contribution in [0.2, 0.25) is 5.28 Å². The van der Waals surface area contributed by atoms with Crippen LogP contribution >= 0.6 is 11.6 Å². The smallest absolute Gasteiger partial charge is 0.222 e. The van der Waals surface area contributed by atoms with Crippen LogP contribution in [0.1, 0.15) is 5.56 Å². The number of hydrogen-bond donors (Lipinski definition) is 0. The lowest BCUT2D eigenvalue weighted by molar-refractivity contribution is 0.271. The molecule has 2 aliphatic heterocycles. The van der Waals surface area contributed by atoms with Crippen LogP contribution in [-0.4, -0.2) is 53.0 Å². The molecule has 0 saturated carbocycles. The molecule has 0 amide bonds. The highest BCUT2D eigenvalue weighted by Gasteiger charge is 2.38. The third-order valence-corrected chi connectivity index (χ3v) is 4.02. The number of likely N-dealkylation sites (tertiary alicyclic amines) is 2. The van der Waals surface area contributed by atoms with E-state index in [-0.39, 0.29) is 0 Å². The molecule has 2 aliphatic rings. The molecule has 3 heterocycles. The minimum atomic E-state index is 0.327. The molecule has 2 fully saturated rings. The summed E-state index contributed by atoms with van der Waals surface area (Å²) in [5, 5.41) is 0.327. The molecular weight excluding hydrogens is 236 g/mol. The maximum Gasteiger partial charge on any atom is 0.222 e. The fourth-order valence-electron chi connectivity index (χ4n) is 3.13. The zero-order valence-electron chi connectivity index (χ0n) is 10.0. The van der Waals surface area contributed by atoms with Gasteiger partial charge in [-0.3, -0.25) is 4.90 Å². The summed E-state index contributed by atoms with van der Waals surface area (Å²) in [5.41, 5.74) is 1.16. The first kappa shape index (κ1) is 11.4. The minimum absolute atomic E-state index is 0.327. The van der Waals surface area contributed by atoms with Gasteiger partial charge in [0.2, 0.25) is 5.28 Å². The maximum atomic E-state index is 5.68. The largest absolute Gasteiger partial charge is 0.306 e. The summed E-state index contributed by atoms with van der Waals surface area (Å²) < 4.78 is 0. The average Bonchev–Trinajstić information content (AvgIpc) is 2.78.